The predicted octanol–water partition coefficient (Wildman–Crippen LogP) is 17.1. The summed E-state index contributed by atoms with van der Waals surface area (Å²) >= 11 is 0. The Bertz CT molecular complexity index is 1410. The molecular weight excluding hydrogens is 894 g/mol. The first kappa shape index (κ1) is 67.5. The highest BCUT2D eigenvalue weighted by Crippen LogP contribution is 2.38. The van der Waals surface area contributed by atoms with E-state index in [-0.39, 0.29) is 32.0 Å². The zero-order valence-corrected chi connectivity index (χ0v) is 46.8. The number of esters is 2. The van der Waals surface area contributed by atoms with E-state index in [2.05, 4.69) is 86.8 Å². The molecule has 0 bridgehead atoms. The molecule has 0 aromatic carbocycles. The van der Waals surface area contributed by atoms with Gasteiger partial charge in [0.1, 0.15) is 19.8 Å². The van der Waals surface area contributed by atoms with Gasteiger partial charge in [-0.3, -0.25) is 14.2 Å². The quantitative estimate of drug-likeness (QED) is 0.0195. The number of nitrogens with zero attached hydrogens (tertiary/aromatic N) is 1. The van der Waals surface area contributed by atoms with Crippen LogP contribution in [0.25, 0.3) is 0 Å². The van der Waals surface area contributed by atoms with E-state index in [1.807, 2.05) is 21.1 Å². The molecular formula is C60H108NO8P. The molecule has 0 aliphatic rings. The lowest BCUT2D eigenvalue weighted by Gasteiger charge is -2.28. The number of hydrogen-bond acceptors (Lipinski definition) is 8. The van der Waals surface area contributed by atoms with Crippen LogP contribution < -0.4 is 4.89 Å². The van der Waals surface area contributed by atoms with E-state index in [1.165, 1.54) is 128 Å². The second kappa shape index (κ2) is 51.4. The first-order valence-corrected chi connectivity index (χ1v) is 30.1. The third-order valence-electron chi connectivity index (χ3n) is 12.2. The zero-order valence-electron chi connectivity index (χ0n) is 46.0. The van der Waals surface area contributed by atoms with Crippen LogP contribution in [0.15, 0.2) is 72.9 Å². The molecule has 2 unspecified atom stereocenters. The van der Waals surface area contributed by atoms with Gasteiger partial charge in [-0.2, -0.15) is 0 Å². The number of ether oxygens (including phenoxy) is 2. The average Bonchev–Trinajstić information content (AvgIpc) is 3.32. The third kappa shape index (κ3) is 54.8. The minimum absolute atomic E-state index is 0.0329. The van der Waals surface area contributed by atoms with Crippen molar-refractivity contribution in [3.05, 3.63) is 72.9 Å². The summed E-state index contributed by atoms with van der Waals surface area (Å²) in [6.07, 6.45) is 66.5. The molecule has 0 amide bonds. The summed E-state index contributed by atoms with van der Waals surface area (Å²) in [4.78, 5) is 37.8. The van der Waals surface area contributed by atoms with E-state index in [1.54, 1.807) is 0 Å². The van der Waals surface area contributed by atoms with Gasteiger partial charge in [0.15, 0.2) is 6.10 Å². The van der Waals surface area contributed by atoms with Crippen LogP contribution in [0.5, 0.6) is 0 Å². The van der Waals surface area contributed by atoms with Crippen LogP contribution in [0.4, 0.5) is 0 Å². The fourth-order valence-corrected chi connectivity index (χ4v) is 8.57. The van der Waals surface area contributed by atoms with Crippen LogP contribution in [0.2, 0.25) is 0 Å². The molecule has 9 nitrogen and oxygen atoms in total. The fraction of sp³-hybridized carbons (Fsp3) is 0.767. The van der Waals surface area contributed by atoms with Gasteiger partial charge in [0.2, 0.25) is 0 Å². The fourth-order valence-electron chi connectivity index (χ4n) is 7.84. The first-order chi connectivity index (χ1) is 34.0. The van der Waals surface area contributed by atoms with Crippen molar-refractivity contribution in [3.63, 3.8) is 0 Å². The zero-order chi connectivity index (χ0) is 51.3. The molecule has 0 heterocycles. The van der Waals surface area contributed by atoms with Crippen LogP contribution >= 0.6 is 7.82 Å². The highest BCUT2D eigenvalue weighted by molar-refractivity contribution is 7.45. The number of quaternary nitrogens is 1. The van der Waals surface area contributed by atoms with Crippen molar-refractivity contribution in [2.75, 3.05) is 47.5 Å². The number of carbonyl (C=O) groups excluding carboxylic acids is 2. The van der Waals surface area contributed by atoms with Gasteiger partial charge in [0.25, 0.3) is 7.82 Å². The van der Waals surface area contributed by atoms with Crippen molar-refractivity contribution in [1.82, 2.24) is 0 Å². The van der Waals surface area contributed by atoms with Gasteiger partial charge in [-0.05, 0) is 64.2 Å². The minimum atomic E-state index is -4.64. The molecule has 0 saturated heterocycles. The molecule has 0 spiro atoms. The van der Waals surface area contributed by atoms with E-state index >= 15 is 0 Å². The summed E-state index contributed by atoms with van der Waals surface area (Å²) in [6, 6.07) is 0. The number of phosphoric acid groups is 1. The van der Waals surface area contributed by atoms with Crippen molar-refractivity contribution < 1.29 is 42.1 Å². The monoisotopic (exact) mass is 1000 g/mol. The standard InChI is InChI=1S/C60H108NO8P/c1-6-8-10-12-14-16-18-20-22-24-25-26-27-28-29-30-31-32-33-34-35-37-39-41-43-45-47-49-51-53-60(63)69-58(57-68-70(64,65)67-55-54-61(3,4)5)56-66-59(62)52-50-48-46-44-42-40-38-36-23-21-19-17-15-13-11-9-7-2/h8,10,14,16,20,22,25-26,28-29,31-32,58H,6-7,9,11-13,15,17-19,21,23-24,27,30,33-57H2,1-5H3/b10-8-,16-14-,22-20-,26-25-,29-28-,32-31-. The maximum atomic E-state index is 12.8. The summed E-state index contributed by atoms with van der Waals surface area (Å²) < 4.78 is 34.1. The maximum absolute atomic E-state index is 12.8. The number of carbonyl (C=O) groups is 2. The van der Waals surface area contributed by atoms with Gasteiger partial charge >= 0.3 is 11.9 Å². The predicted molar refractivity (Wildman–Crippen MR) is 296 cm³/mol. The molecule has 10 heteroatoms. The van der Waals surface area contributed by atoms with E-state index < -0.39 is 26.5 Å². The summed E-state index contributed by atoms with van der Waals surface area (Å²) in [5.41, 5.74) is 0. The summed E-state index contributed by atoms with van der Waals surface area (Å²) in [7, 11) is 1.16. The maximum Gasteiger partial charge on any atom is 0.306 e. The molecule has 0 aromatic heterocycles. The lowest BCUT2D eigenvalue weighted by atomic mass is 10.0. The van der Waals surface area contributed by atoms with Gasteiger partial charge in [0.05, 0.1) is 27.7 Å². The Morgan fingerprint density at radius 1 is 0.457 bits per heavy atom. The van der Waals surface area contributed by atoms with Crippen LogP contribution in [-0.2, 0) is 32.7 Å². The normalized spacial score (nSPS) is 13.9. The third-order valence-corrected chi connectivity index (χ3v) is 13.2. The molecule has 70 heavy (non-hydrogen) atoms. The van der Waals surface area contributed by atoms with Crippen LogP contribution in [-0.4, -0.2) is 70.0 Å². The molecule has 2 atom stereocenters. The van der Waals surface area contributed by atoms with Crippen molar-refractivity contribution in [1.29, 1.82) is 0 Å². The van der Waals surface area contributed by atoms with Gasteiger partial charge in [-0.15, -0.1) is 0 Å². The molecule has 0 aromatic rings. The number of allylic oxidation sites excluding steroid dienone is 12. The molecule has 0 rings (SSSR count). The van der Waals surface area contributed by atoms with E-state index in [0.29, 0.717) is 17.4 Å². The summed E-state index contributed by atoms with van der Waals surface area (Å²) in [6.45, 7) is 4.14. The number of unbranched alkanes of at least 4 members (excludes halogenated alkanes) is 26. The summed E-state index contributed by atoms with van der Waals surface area (Å²) in [5.74, 6) is -0.832. The number of likely N-dealkylation sites (N-methyl/N-ethyl adjacent to an activating group) is 1. The SMILES string of the molecule is CC/C=C\C/C=C\C/C=C\C/C=C\C/C=C\C/C=C\CCCCCCCCCCCCC(=O)OC(COC(=O)CCCCCCCCCCCCCCCCCCC)COP(=O)([O-])OCC[N+](C)(C)C. The highest BCUT2D eigenvalue weighted by atomic mass is 31.2. The molecule has 406 valence electrons. The Labute approximate surface area is 431 Å². The van der Waals surface area contributed by atoms with Gasteiger partial charge in [-0.25, -0.2) is 0 Å². The number of rotatable bonds is 52. The Kier molecular flexibility index (Phi) is 49.5. The molecule has 0 N–H and O–H groups in total. The second-order valence-corrected chi connectivity index (χ2v) is 21.7. The van der Waals surface area contributed by atoms with Gasteiger partial charge in [0, 0.05) is 12.8 Å². The van der Waals surface area contributed by atoms with Crippen molar-refractivity contribution in [2.24, 2.45) is 0 Å². The van der Waals surface area contributed by atoms with Gasteiger partial charge < -0.3 is 27.9 Å². The number of hydrogen-bond donors (Lipinski definition) is 0. The second-order valence-electron chi connectivity index (χ2n) is 20.3. The van der Waals surface area contributed by atoms with Crippen LogP contribution in [0, 0.1) is 0 Å². The molecule has 0 aliphatic carbocycles. The van der Waals surface area contributed by atoms with Crippen LogP contribution in [0.3, 0.4) is 0 Å². The lowest BCUT2D eigenvalue weighted by molar-refractivity contribution is -0.870. The molecule has 0 saturated carbocycles. The smallest absolute Gasteiger partial charge is 0.306 e. The van der Waals surface area contributed by atoms with Crippen molar-refractivity contribution >= 4 is 19.8 Å². The lowest BCUT2D eigenvalue weighted by Crippen LogP contribution is -2.37. The number of phosphoric ester groups is 1. The molecule has 0 radical (unpaired) electrons. The van der Waals surface area contributed by atoms with Gasteiger partial charge in [-0.1, -0.05) is 241 Å². The molecule has 0 fully saturated rings. The Balaban J connectivity index is 4.17. The molecule has 0 aliphatic heterocycles. The van der Waals surface area contributed by atoms with E-state index in [9.17, 15) is 19.0 Å². The van der Waals surface area contributed by atoms with Crippen molar-refractivity contribution in [2.45, 2.75) is 251 Å². The average molecular weight is 1000 g/mol. The van der Waals surface area contributed by atoms with Crippen molar-refractivity contribution in [3.8, 4) is 0 Å². The Morgan fingerprint density at radius 2 is 0.814 bits per heavy atom. The topological polar surface area (TPSA) is 111 Å². The van der Waals surface area contributed by atoms with E-state index in [0.717, 1.165) is 83.5 Å². The van der Waals surface area contributed by atoms with Crippen LogP contribution in [0.1, 0.15) is 245 Å². The largest absolute Gasteiger partial charge is 0.756 e. The highest BCUT2D eigenvalue weighted by Gasteiger charge is 2.21. The first-order valence-electron chi connectivity index (χ1n) is 28.6. The Morgan fingerprint density at radius 3 is 1.21 bits per heavy atom. The summed E-state index contributed by atoms with van der Waals surface area (Å²) in [5, 5.41) is 0. The minimum Gasteiger partial charge on any atom is -0.756 e. The van der Waals surface area contributed by atoms with E-state index in [4.69, 9.17) is 18.5 Å². The Hall–Kier alpha value is -2.55.